The molecule has 1 aromatic heterocycles. The van der Waals surface area contributed by atoms with Crippen LogP contribution in [0.25, 0.3) is 32.6 Å². The molecule has 0 unspecified atom stereocenters. The summed E-state index contributed by atoms with van der Waals surface area (Å²) in [5, 5.41) is 4.42. The van der Waals surface area contributed by atoms with Gasteiger partial charge in [0, 0.05) is 51.4 Å². The molecule has 0 atom stereocenters. The predicted molar refractivity (Wildman–Crippen MR) is 212 cm³/mol. The van der Waals surface area contributed by atoms with Crippen molar-refractivity contribution in [3.63, 3.8) is 0 Å². The molecule has 0 spiro atoms. The van der Waals surface area contributed by atoms with E-state index < -0.39 is 0 Å². The van der Waals surface area contributed by atoms with Crippen LogP contribution in [-0.2, 0) is 45.1 Å². The van der Waals surface area contributed by atoms with E-state index in [1.807, 2.05) is 36.4 Å². The molecule has 4 aliphatic carbocycles. The summed E-state index contributed by atoms with van der Waals surface area (Å²) in [6.07, 6.45) is 10.2. The molecular formula is C48H44N2O2. The zero-order chi connectivity index (χ0) is 35.0. The highest BCUT2D eigenvalue weighted by atomic mass is 16.2. The second kappa shape index (κ2) is 13.9. The van der Waals surface area contributed by atoms with Crippen LogP contribution in [0.2, 0.25) is 0 Å². The quantitative estimate of drug-likeness (QED) is 0.150. The van der Waals surface area contributed by atoms with Crippen molar-refractivity contribution >= 4 is 44.4 Å². The third kappa shape index (κ3) is 6.00. The van der Waals surface area contributed by atoms with Crippen molar-refractivity contribution in [1.29, 1.82) is 0 Å². The van der Waals surface area contributed by atoms with Gasteiger partial charge in [0.2, 0.25) is 0 Å². The van der Waals surface area contributed by atoms with Gasteiger partial charge in [-0.2, -0.15) is 0 Å². The molecule has 4 bridgehead atoms. The SMILES string of the molecule is O=C1c2cccc3cccc(c23)C(=O)N1CCCc1cc2ccc1CCCc1ccc(c(CCCn3c4ccccc4c4ccccc43)c1)CCC2. The summed E-state index contributed by atoms with van der Waals surface area (Å²) in [5.41, 5.74) is 12.5. The molecule has 2 heterocycles. The van der Waals surface area contributed by atoms with E-state index >= 15 is 0 Å². The number of aryl methyl sites for hydroxylation is 7. The van der Waals surface area contributed by atoms with Crippen molar-refractivity contribution < 1.29 is 9.59 Å². The maximum atomic E-state index is 13.5. The van der Waals surface area contributed by atoms with Crippen LogP contribution < -0.4 is 0 Å². The van der Waals surface area contributed by atoms with Gasteiger partial charge in [0.05, 0.1) is 0 Å². The van der Waals surface area contributed by atoms with Gasteiger partial charge in [-0.3, -0.25) is 14.5 Å². The molecule has 6 aromatic carbocycles. The fraction of sp³-hybridized carbons (Fsp3) is 0.250. The van der Waals surface area contributed by atoms with Gasteiger partial charge in [-0.25, -0.2) is 0 Å². The van der Waals surface area contributed by atoms with E-state index in [4.69, 9.17) is 0 Å². The van der Waals surface area contributed by atoms with Gasteiger partial charge >= 0.3 is 0 Å². The average Bonchev–Trinajstić information content (AvgIpc) is 3.50. The molecule has 4 heteroatoms. The normalized spacial score (nSPS) is 14.6. The van der Waals surface area contributed by atoms with Crippen LogP contribution in [0, 0.1) is 0 Å². The van der Waals surface area contributed by atoms with Crippen molar-refractivity contribution in [2.24, 2.45) is 0 Å². The lowest BCUT2D eigenvalue weighted by Crippen LogP contribution is -2.41. The minimum atomic E-state index is -0.172. The van der Waals surface area contributed by atoms with Crippen molar-refractivity contribution in [1.82, 2.24) is 9.47 Å². The molecule has 0 saturated heterocycles. The Kier molecular flexibility index (Phi) is 8.68. The summed E-state index contributed by atoms with van der Waals surface area (Å²) in [7, 11) is 0. The Hall–Kier alpha value is -5.48. The number of fused-ring (bicyclic) bond motifs is 3. The predicted octanol–water partition coefficient (Wildman–Crippen LogP) is 10.5. The van der Waals surface area contributed by atoms with E-state index in [0.29, 0.717) is 17.7 Å². The second-order valence-corrected chi connectivity index (χ2v) is 14.8. The Morgan fingerprint density at radius 3 is 1.58 bits per heavy atom. The Balaban J connectivity index is 0.874. The largest absolute Gasteiger partial charge is 0.340 e. The van der Waals surface area contributed by atoms with Gasteiger partial charge in [-0.05, 0) is 127 Å². The summed E-state index contributed by atoms with van der Waals surface area (Å²) in [4.78, 5) is 28.4. The van der Waals surface area contributed by atoms with Crippen LogP contribution in [-0.4, -0.2) is 27.8 Å². The summed E-state index contributed by atoms with van der Waals surface area (Å²) >= 11 is 0. The smallest absolute Gasteiger partial charge is 0.261 e. The van der Waals surface area contributed by atoms with Crippen LogP contribution in [0.4, 0.5) is 0 Å². The van der Waals surface area contributed by atoms with E-state index in [1.54, 1.807) is 0 Å². The van der Waals surface area contributed by atoms with E-state index in [2.05, 4.69) is 89.5 Å². The Morgan fingerprint density at radius 2 is 1.02 bits per heavy atom. The maximum absolute atomic E-state index is 13.5. The van der Waals surface area contributed by atoms with Gasteiger partial charge in [0.1, 0.15) is 0 Å². The Bertz CT molecular complexity index is 2380. The minimum Gasteiger partial charge on any atom is -0.340 e. The zero-order valence-corrected chi connectivity index (χ0v) is 29.7. The summed E-state index contributed by atoms with van der Waals surface area (Å²) in [5.74, 6) is -0.344. The molecule has 0 saturated carbocycles. The number of hydrogen-bond acceptors (Lipinski definition) is 2. The molecular weight excluding hydrogens is 637 g/mol. The van der Waals surface area contributed by atoms with Crippen LogP contribution in [0.1, 0.15) is 79.8 Å². The molecule has 52 heavy (non-hydrogen) atoms. The molecule has 12 rings (SSSR count). The number of benzene rings is 6. The number of carbonyl (C=O) groups is 2. The first-order chi connectivity index (χ1) is 25.6. The fourth-order valence-electron chi connectivity index (χ4n) is 8.97. The number of hydrogen-bond donors (Lipinski definition) is 0. The molecule has 2 amide bonds. The lowest BCUT2D eigenvalue weighted by atomic mass is 9.90. The highest BCUT2D eigenvalue weighted by Crippen LogP contribution is 2.32. The Morgan fingerprint density at radius 1 is 0.500 bits per heavy atom. The summed E-state index contributed by atoms with van der Waals surface area (Å²) in [6, 6.07) is 43.5. The van der Waals surface area contributed by atoms with Gasteiger partial charge in [0.15, 0.2) is 0 Å². The molecule has 0 N–H and O–H groups in total. The molecule has 5 aliphatic rings. The maximum Gasteiger partial charge on any atom is 0.261 e. The second-order valence-electron chi connectivity index (χ2n) is 14.8. The number of nitrogens with zero attached hydrogens (tertiary/aromatic N) is 2. The first-order valence-electron chi connectivity index (χ1n) is 19.2. The monoisotopic (exact) mass is 680 g/mol. The van der Waals surface area contributed by atoms with Crippen LogP contribution in [0.5, 0.6) is 0 Å². The van der Waals surface area contributed by atoms with Gasteiger partial charge in [-0.15, -0.1) is 0 Å². The molecule has 4 nitrogen and oxygen atoms in total. The third-order valence-corrected chi connectivity index (χ3v) is 11.6. The standard InChI is InChI=1S/C48H44N2O2/c51-47-42-21-7-15-37-16-8-22-43(46(37)42)48(52)50(47)30-10-18-39-32-34-12-5-13-35-27-25-33(11-6-14-36(39)28-26-34)31-38(35)17-9-29-49-44-23-3-1-19-40(44)41-20-2-4-24-45(41)49/h1-4,7-8,15-16,19-28,31-32H,5-6,9-14,17-18,29-30H2. The highest BCUT2D eigenvalue weighted by molar-refractivity contribution is 6.25. The summed E-state index contributed by atoms with van der Waals surface area (Å²) in [6.45, 7) is 1.44. The number of amides is 2. The molecule has 0 radical (unpaired) electrons. The topological polar surface area (TPSA) is 42.3 Å². The van der Waals surface area contributed by atoms with E-state index in [0.717, 1.165) is 81.5 Å². The van der Waals surface area contributed by atoms with Gasteiger partial charge in [0.25, 0.3) is 11.8 Å². The van der Waals surface area contributed by atoms with Crippen molar-refractivity contribution in [3.05, 3.63) is 166 Å². The first-order valence-corrected chi connectivity index (χ1v) is 19.2. The molecule has 0 fully saturated rings. The van der Waals surface area contributed by atoms with E-state index in [9.17, 15) is 9.59 Å². The van der Waals surface area contributed by atoms with Crippen LogP contribution in [0.3, 0.4) is 0 Å². The summed E-state index contributed by atoms with van der Waals surface area (Å²) < 4.78 is 2.52. The fourth-order valence-corrected chi connectivity index (χ4v) is 8.97. The van der Waals surface area contributed by atoms with Crippen molar-refractivity contribution in [2.45, 2.75) is 70.8 Å². The van der Waals surface area contributed by atoms with Crippen molar-refractivity contribution in [2.75, 3.05) is 6.54 Å². The van der Waals surface area contributed by atoms with E-state index in [1.165, 1.54) is 60.1 Å². The number of aromatic nitrogens is 1. The molecule has 7 aromatic rings. The van der Waals surface area contributed by atoms with Crippen molar-refractivity contribution in [3.8, 4) is 0 Å². The number of rotatable bonds is 8. The minimum absolute atomic E-state index is 0.172. The Labute approximate surface area is 305 Å². The van der Waals surface area contributed by atoms with Gasteiger partial charge in [-0.1, -0.05) is 97.1 Å². The first kappa shape index (κ1) is 32.4. The lowest BCUT2D eigenvalue weighted by Gasteiger charge is -2.27. The van der Waals surface area contributed by atoms with Crippen LogP contribution >= 0.6 is 0 Å². The molecule has 1 aliphatic heterocycles. The molecule has 258 valence electrons. The highest BCUT2D eigenvalue weighted by Gasteiger charge is 2.32. The number of para-hydroxylation sites is 2. The number of carbonyl (C=O) groups excluding carboxylic acids is 2. The average molecular weight is 681 g/mol. The lowest BCUT2D eigenvalue weighted by molar-refractivity contribution is 0.0609. The van der Waals surface area contributed by atoms with Crippen LogP contribution in [0.15, 0.2) is 121 Å². The van der Waals surface area contributed by atoms with Gasteiger partial charge < -0.3 is 4.57 Å². The van der Waals surface area contributed by atoms with E-state index in [-0.39, 0.29) is 11.8 Å². The zero-order valence-electron chi connectivity index (χ0n) is 29.7. The third-order valence-electron chi connectivity index (χ3n) is 11.6. The number of imide groups is 1.